The number of methoxy groups -OCH3 is 1. The van der Waals surface area contributed by atoms with E-state index in [-0.39, 0.29) is 18.1 Å². The van der Waals surface area contributed by atoms with Crippen molar-refractivity contribution in [3.63, 3.8) is 0 Å². The van der Waals surface area contributed by atoms with Crippen LogP contribution in [0.2, 0.25) is 0 Å². The van der Waals surface area contributed by atoms with Crippen LogP contribution in [0.15, 0.2) is 66.9 Å². The molecule has 0 saturated carbocycles. The molecule has 2 atom stereocenters. The van der Waals surface area contributed by atoms with E-state index >= 15 is 0 Å². The lowest BCUT2D eigenvalue weighted by molar-refractivity contribution is -0.0693. The summed E-state index contributed by atoms with van der Waals surface area (Å²) in [6.07, 6.45) is 1.52. The lowest BCUT2D eigenvalue weighted by atomic mass is 10.1. The normalized spacial score (nSPS) is 19.4. The Kier molecular flexibility index (Phi) is 5.12. The summed E-state index contributed by atoms with van der Waals surface area (Å²) in [7, 11) is 1.55. The Balaban J connectivity index is 1.61. The van der Waals surface area contributed by atoms with Crippen molar-refractivity contribution in [3.8, 4) is 11.4 Å². The molecule has 1 aliphatic rings. The maximum absolute atomic E-state index is 13.3. The Labute approximate surface area is 164 Å². The largest absolute Gasteiger partial charge is 0.493 e. The molecule has 3 aromatic rings. The summed E-state index contributed by atoms with van der Waals surface area (Å²) in [6, 6.07) is 19.6. The number of rotatable bonds is 4. The Bertz CT molecular complexity index is 940. The van der Waals surface area contributed by atoms with Crippen LogP contribution in [0.1, 0.15) is 29.1 Å². The number of benzene rings is 2. The molecule has 2 heterocycles. The molecule has 1 saturated heterocycles. The zero-order chi connectivity index (χ0) is 19.5. The van der Waals surface area contributed by atoms with Gasteiger partial charge in [0.25, 0.3) is 5.91 Å². The first kappa shape index (κ1) is 18.3. The lowest BCUT2D eigenvalue weighted by Crippen LogP contribution is -2.46. The first-order valence-corrected chi connectivity index (χ1v) is 9.34. The smallest absolute Gasteiger partial charge is 0.278 e. The highest BCUT2D eigenvalue weighted by Gasteiger charge is 2.32. The van der Waals surface area contributed by atoms with Crippen molar-refractivity contribution in [2.24, 2.45) is 0 Å². The molecule has 2 aromatic carbocycles. The Morgan fingerprint density at radius 1 is 1.07 bits per heavy atom. The molecule has 6 heteroatoms. The van der Waals surface area contributed by atoms with Crippen molar-refractivity contribution in [2.75, 3.05) is 20.2 Å². The number of para-hydroxylation sites is 1. The van der Waals surface area contributed by atoms with Gasteiger partial charge in [0.05, 0.1) is 31.6 Å². The highest BCUT2D eigenvalue weighted by Crippen LogP contribution is 2.28. The van der Waals surface area contributed by atoms with Crippen molar-refractivity contribution in [2.45, 2.75) is 19.1 Å². The van der Waals surface area contributed by atoms with Gasteiger partial charge in [-0.3, -0.25) is 4.79 Å². The number of carbonyl (C=O) groups excluding carboxylic acids is 1. The second-order valence-corrected chi connectivity index (χ2v) is 6.88. The fourth-order valence-corrected chi connectivity index (χ4v) is 3.49. The van der Waals surface area contributed by atoms with Gasteiger partial charge in [0.15, 0.2) is 11.4 Å². The molecular weight excluding hydrogens is 354 g/mol. The molecule has 1 fully saturated rings. The van der Waals surface area contributed by atoms with Crippen LogP contribution in [0.3, 0.4) is 0 Å². The van der Waals surface area contributed by atoms with E-state index in [0.29, 0.717) is 24.5 Å². The van der Waals surface area contributed by atoms with E-state index in [1.54, 1.807) is 22.9 Å². The molecule has 1 amide bonds. The number of ether oxygens (including phenoxy) is 2. The summed E-state index contributed by atoms with van der Waals surface area (Å²) in [6.45, 7) is 2.98. The van der Waals surface area contributed by atoms with Crippen molar-refractivity contribution >= 4 is 5.91 Å². The first-order chi connectivity index (χ1) is 13.7. The number of carbonyl (C=O) groups is 1. The van der Waals surface area contributed by atoms with Crippen LogP contribution in [0.5, 0.6) is 5.75 Å². The van der Waals surface area contributed by atoms with Gasteiger partial charge >= 0.3 is 0 Å². The van der Waals surface area contributed by atoms with Gasteiger partial charge < -0.3 is 14.4 Å². The van der Waals surface area contributed by atoms with E-state index in [9.17, 15) is 4.79 Å². The minimum atomic E-state index is -0.156. The molecule has 4 rings (SSSR count). The summed E-state index contributed by atoms with van der Waals surface area (Å²) < 4.78 is 13.2. The zero-order valence-corrected chi connectivity index (χ0v) is 16.0. The molecule has 0 bridgehead atoms. The molecule has 28 heavy (non-hydrogen) atoms. The van der Waals surface area contributed by atoms with Crippen LogP contribution in [0, 0.1) is 0 Å². The second-order valence-electron chi connectivity index (χ2n) is 6.88. The SMILES string of the molecule is COc1cn(-c2ccccc2)nc1C(=O)N1CC(C)OC(c2ccccc2)C1. The van der Waals surface area contributed by atoms with Crippen molar-refractivity contribution in [1.82, 2.24) is 14.7 Å². The van der Waals surface area contributed by atoms with E-state index in [0.717, 1.165) is 11.3 Å². The molecule has 6 nitrogen and oxygen atoms in total. The molecule has 0 N–H and O–H groups in total. The highest BCUT2D eigenvalue weighted by molar-refractivity contribution is 5.95. The van der Waals surface area contributed by atoms with Crippen LogP contribution < -0.4 is 4.74 Å². The number of aromatic nitrogens is 2. The van der Waals surface area contributed by atoms with Gasteiger partial charge in [-0.05, 0) is 24.6 Å². The number of amides is 1. The summed E-state index contributed by atoms with van der Waals surface area (Å²) in [5.74, 6) is 0.312. The minimum Gasteiger partial charge on any atom is -0.493 e. The summed E-state index contributed by atoms with van der Waals surface area (Å²) >= 11 is 0. The van der Waals surface area contributed by atoms with Gasteiger partial charge in [0.1, 0.15) is 6.10 Å². The van der Waals surface area contributed by atoms with E-state index in [1.165, 1.54) is 0 Å². The number of nitrogens with zero attached hydrogens (tertiary/aromatic N) is 3. The summed E-state index contributed by atoms with van der Waals surface area (Å²) in [4.78, 5) is 15.1. The number of hydrogen-bond donors (Lipinski definition) is 0. The van der Waals surface area contributed by atoms with E-state index in [2.05, 4.69) is 5.10 Å². The van der Waals surface area contributed by atoms with Crippen LogP contribution in [-0.4, -0.2) is 46.9 Å². The van der Waals surface area contributed by atoms with Crippen molar-refractivity contribution in [1.29, 1.82) is 0 Å². The molecule has 1 aliphatic heterocycles. The van der Waals surface area contributed by atoms with Gasteiger partial charge in [0.2, 0.25) is 0 Å². The van der Waals surface area contributed by atoms with Crippen molar-refractivity contribution < 1.29 is 14.3 Å². The fourth-order valence-electron chi connectivity index (χ4n) is 3.49. The third-order valence-corrected chi connectivity index (χ3v) is 4.84. The topological polar surface area (TPSA) is 56.6 Å². The van der Waals surface area contributed by atoms with Gasteiger partial charge in [-0.15, -0.1) is 0 Å². The third-order valence-electron chi connectivity index (χ3n) is 4.84. The molecule has 0 aliphatic carbocycles. The predicted octanol–water partition coefficient (Wildman–Crippen LogP) is 3.48. The average molecular weight is 377 g/mol. The minimum absolute atomic E-state index is 0.0647. The average Bonchev–Trinajstić information content (AvgIpc) is 3.18. The molecule has 2 unspecified atom stereocenters. The van der Waals surface area contributed by atoms with Gasteiger partial charge in [-0.1, -0.05) is 48.5 Å². The summed E-state index contributed by atoms with van der Waals surface area (Å²) in [5.41, 5.74) is 2.25. The Morgan fingerprint density at radius 3 is 2.43 bits per heavy atom. The Hall–Kier alpha value is -3.12. The highest BCUT2D eigenvalue weighted by atomic mass is 16.5. The van der Waals surface area contributed by atoms with Gasteiger partial charge in [0, 0.05) is 6.54 Å². The van der Waals surface area contributed by atoms with Crippen molar-refractivity contribution in [3.05, 3.63) is 78.1 Å². The summed E-state index contributed by atoms with van der Waals surface area (Å²) in [5, 5.41) is 4.51. The second kappa shape index (κ2) is 7.86. The van der Waals surface area contributed by atoms with Crippen LogP contribution >= 0.6 is 0 Å². The lowest BCUT2D eigenvalue weighted by Gasteiger charge is -2.36. The fraction of sp³-hybridized carbons (Fsp3) is 0.273. The Morgan fingerprint density at radius 2 is 1.75 bits per heavy atom. The molecule has 0 spiro atoms. The van der Waals surface area contributed by atoms with Gasteiger partial charge in [-0.2, -0.15) is 5.10 Å². The zero-order valence-electron chi connectivity index (χ0n) is 16.0. The van der Waals surface area contributed by atoms with Crippen LogP contribution in [-0.2, 0) is 4.74 Å². The third kappa shape index (κ3) is 3.64. The molecule has 144 valence electrons. The standard InChI is InChI=1S/C22H23N3O3/c1-16-13-24(14-19(28-16)17-9-5-3-6-10-17)22(26)21-20(27-2)15-25(23-21)18-11-7-4-8-12-18/h3-12,15-16,19H,13-14H2,1-2H3. The monoisotopic (exact) mass is 377 g/mol. The first-order valence-electron chi connectivity index (χ1n) is 9.34. The van der Waals surface area contributed by atoms with Gasteiger partial charge in [-0.25, -0.2) is 4.68 Å². The molecule has 1 aromatic heterocycles. The van der Waals surface area contributed by atoms with E-state index in [1.807, 2.05) is 67.6 Å². The number of hydrogen-bond acceptors (Lipinski definition) is 4. The van der Waals surface area contributed by atoms with E-state index in [4.69, 9.17) is 9.47 Å². The van der Waals surface area contributed by atoms with Crippen LogP contribution in [0.25, 0.3) is 5.69 Å². The maximum atomic E-state index is 13.3. The van der Waals surface area contributed by atoms with Crippen LogP contribution in [0.4, 0.5) is 0 Å². The van der Waals surface area contributed by atoms with E-state index < -0.39 is 0 Å². The predicted molar refractivity (Wildman–Crippen MR) is 106 cm³/mol. The number of morpholine rings is 1. The molecule has 0 radical (unpaired) electrons. The molecular formula is C22H23N3O3. The maximum Gasteiger partial charge on any atom is 0.278 e. The quantitative estimate of drug-likeness (QED) is 0.698.